The number of anilines is 1. The Kier molecular flexibility index (Phi) is 8.28. The molecule has 0 unspecified atom stereocenters. The molecule has 0 aliphatic carbocycles. The van der Waals surface area contributed by atoms with Crippen molar-refractivity contribution in [2.45, 2.75) is 51.8 Å². The maximum Gasteiger partial charge on any atom is 0.261 e. The summed E-state index contributed by atoms with van der Waals surface area (Å²) in [6.07, 6.45) is 0.818. The van der Waals surface area contributed by atoms with Crippen LogP contribution in [-0.4, -0.2) is 31.1 Å². The summed E-state index contributed by atoms with van der Waals surface area (Å²) in [5, 5.41) is 15.3. The van der Waals surface area contributed by atoms with Crippen LogP contribution in [0.1, 0.15) is 39.7 Å². The second-order valence-corrected chi connectivity index (χ2v) is 14.2. The molecule has 4 nitrogen and oxygen atoms in total. The summed E-state index contributed by atoms with van der Waals surface area (Å²) >= 11 is 3.54. The van der Waals surface area contributed by atoms with Crippen LogP contribution in [0.2, 0.25) is 5.04 Å². The lowest BCUT2D eigenvalue weighted by molar-refractivity contribution is 0.271. The molecule has 3 aromatic rings. The van der Waals surface area contributed by atoms with E-state index in [1.54, 1.807) is 0 Å². The molecular formula is C26H33BrN2O2Si. The highest BCUT2D eigenvalue weighted by Gasteiger charge is 2.50. The summed E-state index contributed by atoms with van der Waals surface area (Å²) in [5.74, 6) is 0.737. The standard InChI is InChI=1S/C26H33BrN2O2Si/c1-5-21(18-30)28-25-17-20(16-24(27)29-25)19-31-32(26(2,3)4,22-12-8-6-9-13-22)23-14-10-7-11-15-23/h6-17,21,30H,5,18-19H2,1-4H3,(H,28,29)/t21-/m0/s1. The van der Waals surface area contributed by atoms with Gasteiger partial charge in [-0.15, -0.1) is 0 Å². The molecule has 0 aliphatic heterocycles. The number of aliphatic hydroxyl groups is 1. The number of rotatable bonds is 9. The Bertz CT molecular complexity index is 950. The monoisotopic (exact) mass is 512 g/mol. The molecule has 1 aromatic heterocycles. The van der Waals surface area contributed by atoms with Crippen LogP contribution in [0.15, 0.2) is 77.4 Å². The van der Waals surface area contributed by atoms with Gasteiger partial charge in [0.05, 0.1) is 19.3 Å². The number of aromatic nitrogens is 1. The van der Waals surface area contributed by atoms with E-state index in [0.29, 0.717) is 6.61 Å². The third-order valence-corrected chi connectivity index (χ3v) is 11.2. The lowest BCUT2D eigenvalue weighted by Crippen LogP contribution is -2.66. The molecule has 0 radical (unpaired) electrons. The van der Waals surface area contributed by atoms with Crippen molar-refractivity contribution in [3.63, 3.8) is 0 Å². The Morgan fingerprint density at radius 2 is 1.56 bits per heavy atom. The lowest BCUT2D eigenvalue weighted by atomic mass is 10.2. The second kappa shape index (κ2) is 10.7. The molecule has 6 heteroatoms. The third-order valence-electron chi connectivity index (χ3n) is 5.79. The molecule has 32 heavy (non-hydrogen) atoms. The molecule has 0 amide bonds. The Hall–Kier alpha value is -1.99. The van der Waals surface area contributed by atoms with Gasteiger partial charge in [0.25, 0.3) is 8.32 Å². The molecule has 2 N–H and O–H groups in total. The van der Waals surface area contributed by atoms with Crippen LogP contribution in [0.5, 0.6) is 0 Å². The molecule has 0 saturated heterocycles. The predicted molar refractivity (Wildman–Crippen MR) is 139 cm³/mol. The van der Waals surface area contributed by atoms with E-state index in [0.717, 1.165) is 22.4 Å². The maximum atomic E-state index is 9.56. The first-order chi connectivity index (χ1) is 15.3. The van der Waals surface area contributed by atoms with Crippen molar-refractivity contribution >= 4 is 40.4 Å². The van der Waals surface area contributed by atoms with E-state index in [2.05, 4.69) is 108 Å². The molecule has 1 atom stereocenters. The molecule has 0 saturated carbocycles. The zero-order valence-electron chi connectivity index (χ0n) is 19.3. The van der Waals surface area contributed by atoms with E-state index in [1.807, 2.05) is 19.1 Å². The number of nitrogens with one attached hydrogen (secondary N) is 1. The van der Waals surface area contributed by atoms with E-state index in [9.17, 15) is 5.11 Å². The number of halogens is 1. The lowest BCUT2D eigenvalue weighted by Gasteiger charge is -2.43. The minimum Gasteiger partial charge on any atom is -0.403 e. The molecule has 170 valence electrons. The number of benzene rings is 2. The van der Waals surface area contributed by atoms with Gasteiger partial charge in [-0.05, 0) is 55.5 Å². The van der Waals surface area contributed by atoms with E-state index in [-0.39, 0.29) is 17.7 Å². The summed E-state index contributed by atoms with van der Waals surface area (Å²) in [5.41, 5.74) is 1.04. The van der Waals surface area contributed by atoms with Crippen molar-refractivity contribution in [3.8, 4) is 0 Å². The van der Waals surface area contributed by atoms with Crippen LogP contribution in [-0.2, 0) is 11.0 Å². The van der Waals surface area contributed by atoms with Gasteiger partial charge in [-0.3, -0.25) is 0 Å². The van der Waals surface area contributed by atoms with Gasteiger partial charge in [-0.2, -0.15) is 0 Å². The maximum absolute atomic E-state index is 9.56. The predicted octanol–water partition coefficient (Wildman–Crippen LogP) is 5.10. The summed E-state index contributed by atoms with van der Waals surface area (Å²) in [6, 6.07) is 25.3. The minimum atomic E-state index is -2.61. The largest absolute Gasteiger partial charge is 0.403 e. The zero-order valence-corrected chi connectivity index (χ0v) is 21.9. The van der Waals surface area contributed by atoms with Gasteiger partial charge < -0.3 is 14.8 Å². The van der Waals surface area contributed by atoms with Crippen LogP contribution >= 0.6 is 15.9 Å². The van der Waals surface area contributed by atoms with Crippen LogP contribution in [0.4, 0.5) is 5.82 Å². The first-order valence-corrected chi connectivity index (χ1v) is 13.8. The van der Waals surface area contributed by atoms with Crippen molar-refractivity contribution in [2.24, 2.45) is 0 Å². The fraction of sp³-hybridized carbons (Fsp3) is 0.346. The van der Waals surface area contributed by atoms with Gasteiger partial charge in [0.1, 0.15) is 10.4 Å². The summed E-state index contributed by atoms with van der Waals surface area (Å²) in [7, 11) is -2.61. The Morgan fingerprint density at radius 1 is 1.00 bits per heavy atom. The van der Waals surface area contributed by atoms with Crippen molar-refractivity contribution in [1.29, 1.82) is 0 Å². The molecule has 0 spiro atoms. The highest BCUT2D eigenvalue weighted by Crippen LogP contribution is 2.37. The normalized spacial score (nSPS) is 13.1. The van der Waals surface area contributed by atoms with Crippen molar-refractivity contribution < 1.29 is 9.53 Å². The Balaban J connectivity index is 2.01. The number of pyridine rings is 1. The van der Waals surface area contributed by atoms with Gasteiger partial charge >= 0.3 is 0 Å². The average Bonchev–Trinajstić information content (AvgIpc) is 2.78. The third kappa shape index (κ3) is 5.49. The van der Waals surface area contributed by atoms with Gasteiger partial charge in [0.15, 0.2) is 0 Å². The molecular weight excluding hydrogens is 480 g/mol. The zero-order chi connectivity index (χ0) is 23.2. The Labute approximate surface area is 201 Å². The molecule has 2 aromatic carbocycles. The van der Waals surface area contributed by atoms with Crippen LogP contribution in [0.25, 0.3) is 0 Å². The minimum absolute atomic E-state index is 0.0257. The second-order valence-electron chi connectivity index (χ2n) is 9.07. The van der Waals surface area contributed by atoms with Crippen molar-refractivity contribution in [2.75, 3.05) is 11.9 Å². The summed E-state index contributed by atoms with van der Waals surface area (Å²) in [6.45, 7) is 9.42. The molecule has 1 heterocycles. The smallest absolute Gasteiger partial charge is 0.261 e. The van der Waals surface area contributed by atoms with E-state index in [4.69, 9.17) is 4.43 Å². The molecule has 0 aliphatic rings. The topological polar surface area (TPSA) is 54.4 Å². The van der Waals surface area contributed by atoms with Gasteiger partial charge in [-0.1, -0.05) is 88.4 Å². The van der Waals surface area contributed by atoms with Gasteiger partial charge in [-0.25, -0.2) is 4.98 Å². The van der Waals surface area contributed by atoms with Crippen molar-refractivity contribution in [1.82, 2.24) is 4.98 Å². The molecule has 0 fully saturated rings. The van der Waals surface area contributed by atoms with E-state index >= 15 is 0 Å². The van der Waals surface area contributed by atoms with Gasteiger partial charge in [0.2, 0.25) is 0 Å². The number of hydrogen-bond donors (Lipinski definition) is 2. The van der Waals surface area contributed by atoms with Crippen LogP contribution in [0.3, 0.4) is 0 Å². The van der Waals surface area contributed by atoms with Crippen molar-refractivity contribution in [3.05, 3.63) is 83.0 Å². The van der Waals surface area contributed by atoms with Crippen LogP contribution in [0, 0.1) is 0 Å². The Morgan fingerprint density at radius 3 is 2.03 bits per heavy atom. The fourth-order valence-corrected chi connectivity index (χ4v) is 9.17. The average molecular weight is 514 g/mol. The summed E-state index contributed by atoms with van der Waals surface area (Å²) in [4.78, 5) is 4.53. The summed E-state index contributed by atoms with van der Waals surface area (Å²) < 4.78 is 7.78. The quantitative estimate of drug-likeness (QED) is 0.309. The fourth-order valence-electron chi connectivity index (χ4n) is 4.15. The van der Waals surface area contributed by atoms with Gasteiger partial charge in [0, 0.05) is 0 Å². The first-order valence-electron chi connectivity index (χ1n) is 11.1. The number of hydrogen-bond acceptors (Lipinski definition) is 4. The van der Waals surface area contributed by atoms with E-state index < -0.39 is 8.32 Å². The number of aliphatic hydroxyl groups excluding tert-OH is 1. The molecule has 0 bridgehead atoms. The van der Waals surface area contributed by atoms with E-state index in [1.165, 1.54) is 10.4 Å². The highest BCUT2D eigenvalue weighted by atomic mass is 79.9. The SMILES string of the molecule is CC[C@@H](CO)Nc1cc(CO[Si](c2ccccc2)(c2ccccc2)C(C)(C)C)cc(Br)n1. The van der Waals surface area contributed by atoms with Crippen LogP contribution < -0.4 is 15.7 Å². The molecule has 3 rings (SSSR count). The number of nitrogens with zero attached hydrogens (tertiary/aromatic N) is 1. The first kappa shape index (κ1) is 24.6. The highest BCUT2D eigenvalue weighted by molar-refractivity contribution is 9.10.